The van der Waals surface area contributed by atoms with Gasteiger partial charge in [-0.25, -0.2) is 4.98 Å². The summed E-state index contributed by atoms with van der Waals surface area (Å²) in [6, 6.07) is 5.87. The molecule has 0 bridgehead atoms. The van der Waals surface area contributed by atoms with Crippen molar-refractivity contribution in [2.24, 2.45) is 0 Å². The molecule has 7 nitrogen and oxygen atoms in total. The van der Waals surface area contributed by atoms with Crippen molar-refractivity contribution < 1.29 is 9.21 Å². The number of aromatic nitrogens is 2. The van der Waals surface area contributed by atoms with Crippen LogP contribution in [0, 0.1) is 0 Å². The summed E-state index contributed by atoms with van der Waals surface area (Å²) < 4.78 is 5.98. The van der Waals surface area contributed by atoms with Crippen LogP contribution in [0.25, 0.3) is 22.1 Å². The fourth-order valence-corrected chi connectivity index (χ4v) is 3.03. The number of nitrogens with one attached hydrogen (secondary N) is 2. The maximum atomic E-state index is 10.6. The zero-order chi connectivity index (χ0) is 16.7. The van der Waals surface area contributed by atoms with Gasteiger partial charge in [0.2, 0.25) is 5.95 Å². The van der Waals surface area contributed by atoms with E-state index in [0.717, 1.165) is 30.6 Å². The third-order valence-corrected chi connectivity index (χ3v) is 4.42. The van der Waals surface area contributed by atoms with E-state index in [9.17, 15) is 4.79 Å². The van der Waals surface area contributed by atoms with Gasteiger partial charge in [0.1, 0.15) is 17.4 Å². The second kappa shape index (κ2) is 5.92. The van der Waals surface area contributed by atoms with Crippen molar-refractivity contribution in [2.75, 3.05) is 36.9 Å². The van der Waals surface area contributed by atoms with Gasteiger partial charge in [0, 0.05) is 29.5 Å². The van der Waals surface area contributed by atoms with Gasteiger partial charge in [0.15, 0.2) is 11.4 Å². The normalized spacial score (nSPS) is 15.0. The molecule has 0 radical (unpaired) electrons. The van der Waals surface area contributed by atoms with E-state index in [-0.39, 0.29) is 6.54 Å². The van der Waals surface area contributed by atoms with Gasteiger partial charge in [0.25, 0.3) is 0 Å². The van der Waals surface area contributed by atoms with E-state index in [1.165, 1.54) is 0 Å². The first kappa shape index (κ1) is 15.2. The maximum Gasteiger partial charge on any atom is 0.225 e. The molecule has 0 atom stereocenters. The molecule has 2 aromatic heterocycles. The largest absolute Gasteiger partial charge is 0.450 e. The van der Waals surface area contributed by atoms with Gasteiger partial charge < -0.3 is 24.7 Å². The second-order valence-corrected chi connectivity index (χ2v) is 6.17. The first-order valence-electron chi connectivity index (χ1n) is 7.69. The third kappa shape index (κ3) is 2.46. The molecule has 1 aliphatic heterocycles. The van der Waals surface area contributed by atoms with Crippen LogP contribution in [-0.4, -0.2) is 49.0 Å². The fraction of sp³-hybridized carbons (Fsp3) is 0.312. The van der Waals surface area contributed by atoms with Crippen LogP contribution >= 0.6 is 11.6 Å². The summed E-state index contributed by atoms with van der Waals surface area (Å²) in [5, 5.41) is 7.61. The van der Waals surface area contributed by atoms with Gasteiger partial charge in [-0.15, -0.1) is 0 Å². The van der Waals surface area contributed by atoms with Crippen molar-refractivity contribution in [1.82, 2.24) is 15.3 Å². The molecule has 1 aromatic carbocycles. The summed E-state index contributed by atoms with van der Waals surface area (Å²) in [5.41, 5.74) is 2.04. The summed E-state index contributed by atoms with van der Waals surface area (Å²) in [4.78, 5) is 21.8. The molecule has 0 saturated carbocycles. The lowest BCUT2D eigenvalue weighted by molar-refractivity contribution is -0.106. The molecule has 4 rings (SSSR count). The molecular formula is C16H16ClN5O2. The van der Waals surface area contributed by atoms with E-state index in [1.807, 2.05) is 19.2 Å². The van der Waals surface area contributed by atoms with Crippen molar-refractivity contribution in [2.45, 2.75) is 6.04 Å². The highest BCUT2D eigenvalue weighted by Crippen LogP contribution is 2.36. The molecule has 0 unspecified atom stereocenters. The summed E-state index contributed by atoms with van der Waals surface area (Å²) in [6.45, 7) is 1.84. The number of halogens is 1. The Balaban J connectivity index is 1.88. The molecule has 24 heavy (non-hydrogen) atoms. The van der Waals surface area contributed by atoms with Gasteiger partial charge in [-0.3, -0.25) is 0 Å². The topological polar surface area (TPSA) is 83.3 Å². The molecule has 1 saturated heterocycles. The van der Waals surface area contributed by atoms with Crippen LogP contribution in [-0.2, 0) is 4.79 Å². The Morgan fingerprint density at radius 3 is 3.00 bits per heavy atom. The van der Waals surface area contributed by atoms with Crippen molar-refractivity contribution in [3.05, 3.63) is 23.2 Å². The molecule has 124 valence electrons. The van der Waals surface area contributed by atoms with Crippen LogP contribution in [0.15, 0.2) is 22.6 Å². The predicted molar refractivity (Wildman–Crippen MR) is 93.9 cm³/mol. The molecule has 0 amide bonds. The smallest absolute Gasteiger partial charge is 0.225 e. The summed E-state index contributed by atoms with van der Waals surface area (Å²) in [7, 11) is 1.94. The zero-order valence-electron chi connectivity index (χ0n) is 13.0. The van der Waals surface area contributed by atoms with Crippen LogP contribution < -0.4 is 15.5 Å². The number of fused-ring (bicyclic) bond motifs is 3. The van der Waals surface area contributed by atoms with Crippen molar-refractivity contribution in [3.8, 4) is 0 Å². The maximum absolute atomic E-state index is 10.6. The van der Waals surface area contributed by atoms with Gasteiger partial charge >= 0.3 is 0 Å². The Labute approximate surface area is 143 Å². The van der Waals surface area contributed by atoms with Crippen LogP contribution in [0.2, 0.25) is 5.02 Å². The Morgan fingerprint density at radius 1 is 1.42 bits per heavy atom. The van der Waals surface area contributed by atoms with Crippen molar-refractivity contribution in [1.29, 1.82) is 0 Å². The third-order valence-electron chi connectivity index (χ3n) is 4.19. The van der Waals surface area contributed by atoms with Gasteiger partial charge in [-0.1, -0.05) is 11.6 Å². The number of aldehydes is 1. The zero-order valence-corrected chi connectivity index (χ0v) is 13.8. The Bertz CT molecular complexity index is 920. The predicted octanol–water partition coefficient (Wildman–Crippen LogP) is 2.05. The SMILES string of the molecule is CNC1CN(c2nc(NCC=O)nc3c2oc2ccc(Cl)cc23)C1. The van der Waals surface area contributed by atoms with Crippen LogP contribution in [0.4, 0.5) is 11.8 Å². The number of likely N-dealkylation sites (N-methyl/N-ethyl adjacent to an activating group) is 1. The quantitative estimate of drug-likeness (QED) is 0.685. The highest BCUT2D eigenvalue weighted by molar-refractivity contribution is 6.31. The van der Waals surface area contributed by atoms with Gasteiger partial charge in [-0.05, 0) is 25.2 Å². The van der Waals surface area contributed by atoms with E-state index >= 15 is 0 Å². The number of furan rings is 1. The van der Waals surface area contributed by atoms with E-state index in [0.29, 0.717) is 33.7 Å². The lowest BCUT2D eigenvalue weighted by Crippen LogP contribution is -2.57. The minimum atomic E-state index is 0.153. The highest BCUT2D eigenvalue weighted by atomic mass is 35.5. The first-order valence-corrected chi connectivity index (χ1v) is 8.07. The molecule has 3 aromatic rings. The van der Waals surface area contributed by atoms with E-state index < -0.39 is 0 Å². The average molecular weight is 346 g/mol. The minimum absolute atomic E-state index is 0.153. The van der Waals surface area contributed by atoms with Gasteiger partial charge in [-0.2, -0.15) is 4.98 Å². The van der Waals surface area contributed by atoms with Crippen molar-refractivity contribution >= 4 is 51.7 Å². The number of benzene rings is 1. The number of hydrogen-bond acceptors (Lipinski definition) is 7. The summed E-state index contributed by atoms with van der Waals surface area (Å²) in [5.74, 6) is 1.13. The Morgan fingerprint density at radius 2 is 2.25 bits per heavy atom. The van der Waals surface area contributed by atoms with Crippen LogP contribution in [0.5, 0.6) is 0 Å². The molecule has 2 N–H and O–H groups in total. The standard InChI is InChI=1S/C16H16ClN5O2/c1-18-10-7-22(8-10)15-14-13(20-16(21-15)19-4-5-23)11-6-9(17)2-3-12(11)24-14/h2-3,5-6,10,18H,4,7-8H2,1H3,(H,19,20,21). The first-order chi connectivity index (χ1) is 11.7. The Kier molecular flexibility index (Phi) is 3.74. The second-order valence-electron chi connectivity index (χ2n) is 5.73. The molecule has 0 aliphatic carbocycles. The number of anilines is 2. The molecule has 3 heterocycles. The molecular weight excluding hydrogens is 330 g/mol. The number of carbonyl (C=O) groups excluding carboxylic acids is 1. The lowest BCUT2D eigenvalue weighted by atomic mass is 10.1. The monoisotopic (exact) mass is 345 g/mol. The van der Waals surface area contributed by atoms with Crippen LogP contribution in [0.3, 0.4) is 0 Å². The minimum Gasteiger partial charge on any atom is -0.450 e. The number of hydrogen-bond donors (Lipinski definition) is 2. The van der Waals surface area contributed by atoms with E-state index in [4.69, 9.17) is 16.0 Å². The Hall–Kier alpha value is -2.38. The van der Waals surface area contributed by atoms with Gasteiger partial charge in [0.05, 0.1) is 6.54 Å². The molecule has 8 heteroatoms. The van der Waals surface area contributed by atoms with Crippen molar-refractivity contribution in [3.63, 3.8) is 0 Å². The fourth-order valence-electron chi connectivity index (χ4n) is 2.86. The number of nitrogens with zero attached hydrogens (tertiary/aromatic N) is 3. The molecule has 0 spiro atoms. The lowest BCUT2D eigenvalue weighted by Gasteiger charge is -2.39. The molecule has 1 fully saturated rings. The van der Waals surface area contributed by atoms with E-state index in [1.54, 1.807) is 6.07 Å². The number of carbonyl (C=O) groups is 1. The summed E-state index contributed by atoms with van der Waals surface area (Å²) in [6.07, 6.45) is 0.776. The van der Waals surface area contributed by atoms with Crippen LogP contribution in [0.1, 0.15) is 0 Å². The summed E-state index contributed by atoms with van der Waals surface area (Å²) >= 11 is 6.11. The average Bonchev–Trinajstić information content (AvgIpc) is 2.90. The highest BCUT2D eigenvalue weighted by Gasteiger charge is 2.30. The number of rotatable bonds is 5. The van der Waals surface area contributed by atoms with E-state index in [2.05, 4.69) is 25.5 Å². The molecule has 1 aliphatic rings.